The first kappa shape index (κ1) is 22.3. The van der Waals surface area contributed by atoms with E-state index in [9.17, 15) is 19.2 Å². The third-order valence-electron chi connectivity index (χ3n) is 6.37. The summed E-state index contributed by atoms with van der Waals surface area (Å²) >= 11 is 0. The third kappa shape index (κ3) is 4.01. The first-order valence-corrected chi connectivity index (χ1v) is 11.3. The highest BCUT2D eigenvalue weighted by Gasteiger charge is 2.20. The summed E-state index contributed by atoms with van der Waals surface area (Å²) in [5.41, 5.74) is 3.06. The van der Waals surface area contributed by atoms with Crippen LogP contribution in [0.15, 0.2) is 87.5 Å². The van der Waals surface area contributed by atoms with Crippen molar-refractivity contribution >= 4 is 45.2 Å². The van der Waals surface area contributed by atoms with Gasteiger partial charge in [0.25, 0.3) is 5.91 Å². The van der Waals surface area contributed by atoms with Crippen LogP contribution in [0.25, 0.3) is 32.8 Å². The third-order valence-corrected chi connectivity index (χ3v) is 6.37. The van der Waals surface area contributed by atoms with E-state index < -0.39 is 0 Å². The smallest absolute Gasteiger partial charge is 0.256 e. The van der Waals surface area contributed by atoms with E-state index >= 15 is 0 Å². The highest BCUT2D eigenvalue weighted by Crippen LogP contribution is 2.21. The SMILES string of the molecule is C/C1=C(\C(=O)N(C=O)Cc2ccc3[nH]c4c(=O)c5ccccc5[nH]c4c(=O)c3c2)C/C=C\C=C/C1. The van der Waals surface area contributed by atoms with Crippen LogP contribution in [-0.4, -0.2) is 27.2 Å². The van der Waals surface area contributed by atoms with Crippen LogP contribution in [0.3, 0.4) is 0 Å². The summed E-state index contributed by atoms with van der Waals surface area (Å²) in [5, 5.41) is 0.865. The van der Waals surface area contributed by atoms with Crippen molar-refractivity contribution in [2.45, 2.75) is 26.3 Å². The normalized spacial score (nSPS) is 17.7. The van der Waals surface area contributed by atoms with E-state index in [1.807, 2.05) is 31.2 Å². The van der Waals surface area contributed by atoms with Crippen LogP contribution in [0.1, 0.15) is 25.3 Å². The molecule has 0 radical (unpaired) electrons. The number of nitrogens with one attached hydrogen (secondary N) is 2. The van der Waals surface area contributed by atoms with Crippen molar-refractivity contribution < 1.29 is 9.59 Å². The van der Waals surface area contributed by atoms with Crippen LogP contribution in [0.2, 0.25) is 0 Å². The predicted molar refractivity (Wildman–Crippen MR) is 137 cm³/mol. The Hall–Kier alpha value is -4.52. The van der Waals surface area contributed by atoms with E-state index in [2.05, 4.69) is 9.97 Å². The largest absolute Gasteiger partial charge is 0.350 e. The number of fused-ring (bicyclic) bond motifs is 3. The number of carbonyl (C=O) groups is 2. The lowest BCUT2D eigenvalue weighted by Gasteiger charge is -2.19. The predicted octanol–water partition coefficient (Wildman–Crippen LogP) is 4.23. The fourth-order valence-electron chi connectivity index (χ4n) is 4.46. The first-order chi connectivity index (χ1) is 17.0. The zero-order chi connectivity index (χ0) is 24.5. The summed E-state index contributed by atoms with van der Waals surface area (Å²) in [6.45, 7) is 1.92. The van der Waals surface area contributed by atoms with Gasteiger partial charge in [-0.1, -0.05) is 48.1 Å². The molecular formula is C28H23N3O4. The van der Waals surface area contributed by atoms with Crippen LogP contribution >= 0.6 is 0 Å². The summed E-state index contributed by atoms with van der Waals surface area (Å²) in [7, 11) is 0. The van der Waals surface area contributed by atoms with E-state index in [0.717, 1.165) is 10.5 Å². The molecule has 0 fully saturated rings. The molecule has 0 bridgehead atoms. The number of amides is 2. The summed E-state index contributed by atoms with van der Waals surface area (Å²) in [6.07, 6.45) is 9.30. The van der Waals surface area contributed by atoms with Gasteiger partial charge in [-0.05, 0) is 49.6 Å². The number of benzene rings is 2. The van der Waals surface area contributed by atoms with Gasteiger partial charge in [0, 0.05) is 27.4 Å². The van der Waals surface area contributed by atoms with E-state index in [4.69, 9.17) is 0 Å². The molecule has 0 unspecified atom stereocenters. The van der Waals surface area contributed by atoms with Gasteiger partial charge in [-0.2, -0.15) is 0 Å². The molecule has 0 saturated carbocycles. The molecule has 1 aliphatic carbocycles. The molecule has 2 aromatic heterocycles. The van der Waals surface area contributed by atoms with E-state index in [1.54, 1.807) is 42.5 Å². The van der Waals surface area contributed by atoms with Gasteiger partial charge in [-0.3, -0.25) is 24.1 Å². The zero-order valence-electron chi connectivity index (χ0n) is 19.1. The molecule has 2 heterocycles. The lowest BCUT2D eigenvalue weighted by atomic mass is 9.99. The van der Waals surface area contributed by atoms with Crippen molar-refractivity contribution in [3.8, 4) is 0 Å². The number of para-hydroxylation sites is 1. The van der Waals surface area contributed by atoms with E-state index in [0.29, 0.717) is 52.2 Å². The minimum atomic E-state index is -0.347. The minimum Gasteiger partial charge on any atom is -0.350 e. The Kier molecular flexibility index (Phi) is 5.74. The molecule has 0 atom stereocenters. The van der Waals surface area contributed by atoms with E-state index in [-0.39, 0.29) is 34.3 Å². The fraction of sp³-hybridized carbons (Fsp3) is 0.143. The summed E-state index contributed by atoms with van der Waals surface area (Å²) in [4.78, 5) is 58.6. The average molecular weight is 466 g/mol. The van der Waals surface area contributed by atoms with Crippen molar-refractivity contribution in [3.63, 3.8) is 0 Å². The Balaban J connectivity index is 1.55. The second-order valence-electron chi connectivity index (χ2n) is 8.65. The number of carbonyl (C=O) groups excluding carboxylic acids is 2. The Labute approximate surface area is 200 Å². The topological polar surface area (TPSA) is 103 Å². The second kappa shape index (κ2) is 9.02. The van der Waals surface area contributed by atoms with Crippen LogP contribution < -0.4 is 10.9 Å². The fourth-order valence-corrected chi connectivity index (χ4v) is 4.46. The Morgan fingerprint density at radius 1 is 0.914 bits per heavy atom. The Bertz CT molecular complexity index is 1720. The van der Waals surface area contributed by atoms with E-state index in [1.165, 1.54) is 0 Å². The molecule has 0 saturated heterocycles. The number of H-pyrrole nitrogens is 2. The van der Waals surface area contributed by atoms with Gasteiger partial charge >= 0.3 is 0 Å². The molecule has 2 aromatic carbocycles. The van der Waals surface area contributed by atoms with Crippen molar-refractivity contribution in [2.75, 3.05) is 0 Å². The summed E-state index contributed by atoms with van der Waals surface area (Å²) in [5.74, 6) is -0.347. The molecule has 7 nitrogen and oxygen atoms in total. The first-order valence-electron chi connectivity index (χ1n) is 11.3. The number of aromatic nitrogens is 2. The second-order valence-corrected chi connectivity index (χ2v) is 8.65. The Morgan fingerprint density at radius 2 is 1.57 bits per heavy atom. The van der Waals surface area contributed by atoms with Crippen molar-refractivity contribution in [1.82, 2.24) is 14.9 Å². The van der Waals surface area contributed by atoms with Crippen LogP contribution in [0.5, 0.6) is 0 Å². The van der Waals surface area contributed by atoms with Gasteiger partial charge in [0.1, 0.15) is 11.0 Å². The van der Waals surface area contributed by atoms with Crippen molar-refractivity contribution in [2.24, 2.45) is 0 Å². The molecule has 5 rings (SSSR count). The number of hydrogen-bond acceptors (Lipinski definition) is 4. The number of nitrogens with zero attached hydrogens (tertiary/aromatic N) is 1. The molecule has 35 heavy (non-hydrogen) atoms. The number of allylic oxidation sites excluding steroid dienone is 5. The summed E-state index contributed by atoms with van der Waals surface area (Å²) in [6, 6.07) is 12.1. The van der Waals surface area contributed by atoms with Crippen LogP contribution in [-0.2, 0) is 16.1 Å². The van der Waals surface area contributed by atoms with Crippen molar-refractivity contribution in [3.05, 3.63) is 104 Å². The Morgan fingerprint density at radius 3 is 2.31 bits per heavy atom. The maximum atomic E-state index is 13.3. The van der Waals surface area contributed by atoms with Crippen molar-refractivity contribution in [1.29, 1.82) is 0 Å². The minimum absolute atomic E-state index is 0.0281. The van der Waals surface area contributed by atoms with Gasteiger partial charge in [-0.15, -0.1) is 0 Å². The maximum Gasteiger partial charge on any atom is 0.256 e. The zero-order valence-corrected chi connectivity index (χ0v) is 19.1. The lowest BCUT2D eigenvalue weighted by Crippen LogP contribution is -2.31. The molecule has 0 spiro atoms. The average Bonchev–Trinajstić information content (AvgIpc) is 2.86. The molecular weight excluding hydrogens is 442 g/mol. The van der Waals surface area contributed by atoms with Gasteiger partial charge in [-0.25, -0.2) is 0 Å². The van der Waals surface area contributed by atoms with Crippen LogP contribution in [0.4, 0.5) is 0 Å². The van der Waals surface area contributed by atoms with Crippen LogP contribution in [0, 0.1) is 0 Å². The molecule has 7 heteroatoms. The molecule has 174 valence electrons. The molecule has 0 aliphatic heterocycles. The number of imide groups is 1. The standard InChI is InChI=1S/C28H23N3O4/c1-17-8-4-2-3-5-9-19(17)28(35)31(16-32)15-18-12-13-23-21(14-18)27(34)25-24(30-23)26(33)20-10-6-7-11-22(20)29-25/h2-7,10-14,16H,8-9,15H2,1H3,(H,29,33)(H,30,34)/b4-2-,5-3-,19-17+. The number of rotatable bonds is 4. The molecule has 4 aromatic rings. The molecule has 2 N–H and O–H groups in total. The van der Waals surface area contributed by atoms with Gasteiger partial charge < -0.3 is 9.97 Å². The van der Waals surface area contributed by atoms with Gasteiger partial charge in [0.2, 0.25) is 17.3 Å². The van der Waals surface area contributed by atoms with Gasteiger partial charge in [0.15, 0.2) is 0 Å². The number of pyridine rings is 2. The number of aromatic amines is 2. The van der Waals surface area contributed by atoms with Gasteiger partial charge in [0.05, 0.1) is 6.54 Å². The quantitative estimate of drug-likeness (QED) is 0.348. The maximum absolute atomic E-state index is 13.3. The monoisotopic (exact) mass is 465 g/mol. The lowest BCUT2D eigenvalue weighted by molar-refractivity contribution is -0.135. The summed E-state index contributed by atoms with van der Waals surface area (Å²) < 4.78 is 0. The molecule has 2 amide bonds. The highest BCUT2D eigenvalue weighted by molar-refractivity contribution is 6.00. The highest BCUT2D eigenvalue weighted by atomic mass is 16.2. The molecule has 1 aliphatic rings. The number of hydrogen-bond donors (Lipinski definition) is 2.